The van der Waals surface area contributed by atoms with Gasteiger partial charge in [-0.25, -0.2) is 14.4 Å². The smallest absolute Gasteiger partial charge is 0.350 e. The summed E-state index contributed by atoms with van der Waals surface area (Å²) >= 11 is 0. The Morgan fingerprint density at radius 1 is 0.614 bits per heavy atom. The summed E-state index contributed by atoms with van der Waals surface area (Å²) in [6, 6.07) is 8.30. The van der Waals surface area contributed by atoms with Crippen molar-refractivity contribution in [2.45, 2.75) is 33.8 Å². The number of hydrogen-bond donors (Lipinski definition) is 0. The minimum absolute atomic E-state index is 0.00643. The molecular weight excluding hydrogens is 584 g/mol. The molecule has 0 spiro atoms. The van der Waals surface area contributed by atoms with Gasteiger partial charge in [-0.2, -0.15) is 0 Å². The molecule has 0 aliphatic heterocycles. The molecule has 0 fully saturated rings. The van der Waals surface area contributed by atoms with Gasteiger partial charge < -0.3 is 33.2 Å². The van der Waals surface area contributed by atoms with E-state index in [0.717, 1.165) is 33.1 Å². The summed E-state index contributed by atoms with van der Waals surface area (Å²) in [7, 11) is 1.04. The second-order valence-corrected chi connectivity index (χ2v) is 8.53. The Hall–Kier alpha value is -5.79. The summed E-state index contributed by atoms with van der Waals surface area (Å²) in [6.07, 6.45) is 2.90. The Kier molecular flexibility index (Phi) is 13.0. The van der Waals surface area contributed by atoms with Crippen molar-refractivity contribution >= 4 is 53.9 Å². The van der Waals surface area contributed by atoms with Crippen LogP contribution in [0.2, 0.25) is 0 Å². The molecule has 1 unspecified atom stereocenters. The van der Waals surface area contributed by atoms with Crippen LogP contribution < -0.4 is 18.9 Å². The Morgan fingerprint density at radius 3 is 1.43 bits per heavy atom. The van der Waals surface area contributed by atoms with Crippen LogP contribution in [0.1, 0.15) is 38.8 Å². The van der Waals surface area contributed by atoms with Gasteiger partial charge in [-0.3, -0.25) is 19.2 Å². The maximum Gasteiger partial charge on any atom is 0.350 e. The molecule has 0 heterocycles. The number of carbonyl (C=O) groups excluding carboxylic acids is 7. The average molecular weight is 613 g/mol. The maximum absolute atomic E-state index is 12.4. The highest BCUT2D eigenvalue weighted by atomic mass is 16.6. The van der Waals surface area contributed by atoms with E-state index < -0.39 is 54.5 Å². The molecule has 14 nitrogen and oxygen atoms in total. The third-order valence-electron chi connectivity index (χ3n) is 4.87. The monoisotopic (exact) mass is 612 g/mol. The van der Waals surface area contributed by atoms with E-state index in [2.05, 4.69) is 4.74 Å². The first-order valence-corrected chi connectivity index (χ1v) is 12.6. The van der Waals surface area contributed by atoms with Gasteiger partial charge in [0.1, 0.15) is 6.61 Å². The molecule has 2 rings (SSSR count). The number of benzene rings is 2. The molecule has 2 aromatic carbocycles. The van der Waals surface area contributed by atoms with Crippen LogP contribution in [-0.2, 0) is 47.8 Å². The fourth-order valence-electron chi connectivity index (χ4n) is 3.20. The van der Waals surface area contributed by atoms with Crippen molar-refractivity contribution in [3.63, 3.8) is 0 Å². The molecule has 0 aliphatic carbocycles. The molecule has 0 bridgehead atoms. The van der Waals surface area contributed by atoms with Crippen LogP contribution in [0.4, 0.5) is 0 Å². The average Bonchev–Trinajstić information content (AvgIpc) is 2.93. The molecule has 1 atom stereocenters. The van der Waals surface area contributed by atoms with Gasteiger partial charge in [0.2, 0.25) is 6.10 Å². The molecule has 0 amide bonds. The number of hydrogen-bond acceptors (Lipinski definition) is 14. The standard InChI is InChI=1S/C30H28O14/c1-17(31)40-23-10-6-21(14-25(23)42-19(3)33)8-12-28(35)39-16-27(30(37)38-5)44-29(36)13-9-22-7-11-24(41-18(2)32)26(15-22)43-20(4)34/h6-15,27H,16H2,1-5H3. The summed E-state index contributed by atoms with van der Waals surface area (Å²) in [6.45, 7) is 3.96. The highest BCUT2D eigenvalue weighted by Crippen LogP contribution is 2.30. The molecule has 0 N–H and O–H groups in total. The molecular formula is C30H28O14. The van der Waals surface area contributed by atoms with Crippen molar-refractivity contribution in [2.75, 3.05) is 13.7 Å². The zero-order valence-corrected chi connectivity index (χ0v) is 24.3. The van der Waals surface area contributed by atoms with Crippen molar-refractivity contribution < 1.29 is 66.7 Å². The molecule has 0 aromatic heterocycles. The second-order valence-electron chi connectivity index (χ2n) is 8.53. The van der Waals surface area contributed by atoms with Crippen LogP contribution >= 0.6 is 0 Å². The van der Waals surface area contributed by atoms with Gasteiger partial charge in [0.15, 0.2) is 23.0 Å². The fourth-order valence-corrected chi connectivity index (χ4v) is 3.20. The molecule has 2 aromatic rings. The minimum atomic E-state index is -1.61. The van der Waals surface area contributed by atoms with Gasteiger partial charge in [0.25, 0.3) is 0 Å². The van der Waals surface area contributed by atoms with Crippen molar-refractivity contribution in [1.82, 2.24) is 0 Å². The van der Waals surface area contributed by atoms with Crippen LogP contribution in [0.3, 0.4) is 0 Å². The summed E-state index contributed by atoms with van der Waals surface area (Å²) in [5, 5.41) is 0. The van der Waals surface area contributed by atoms with Crippen LogP contribution in [0.5, 0.6) is 23.0 Å². The van der Waals surface area contributed by atoms with Crippen molar-refractivity contribution in [1.29, 1.82) is 0 Å². The molecule has 0 aliphatic rings. The quantitative estimate of drug-likeness (QED) is 0.147. The molecule has 232 valence electrons. The summed E-state index contributed by atoms with van der Waals surface area (Å²) in [5.41, 5.74) is 0.714. The number of carbonyl (C=O) groups is 7. The minimum Gasteiger partial charge on any atom is -0.466 e. The predicted octanol–water partition coefficient (Wildman–Crippen LogP) is 2.74. The zero-order valence-electron chi connectivity index (χ0n) is 24.3. The van der Waals surface area contributed by atoms with Gasteiger partial charge in [-0.15, -0.1) is 0 Å². The third kappa shape index (κ3) is 12.0. The number of esters is 7. The van der Waals surface area contributed by atoms with Crippen LogP contribution in [-0.4, -0.2) is 61.6 Å². The van der Waals surface area contributed by atoms with Crippen LogP contribution in [0, 0.1) is 0 Å². The van der Waals surface area contributed by atoms with E-state index in [1.165, 1.54) is 62.4 Å². The van der Waals surface area contributed by atoms with Crippen molar-refractivity contribution in [3.05, 3.63) is 59.7 Å². The molecule has 14 heteroatoms. The van der Waals surface area contributed by atoms with E-state index in [4.69, 9.17) is 28.4 Å². The zero-order chi connectivity index (χ0) is 32.8. The van der Waals surface area contributed by atoms with Crippen molar-refractivity contribution in [2.24, 2.45) is 0 Å². The maximum atomic E-state index is 12.4. The van der Waals surface area contributed by atoms with Gasteiger partial charge in [0.05, 0.1) is 7.11 Å². The van der Waals surface area contributed by atoms with E-state index in [1.807, 2.05) is 0 Å². The lowest BCUT2D eigenvalue weighted by Gasteiger charge is -2.14. The summed E-state index contributed by atoms with van der Waals surface area (Å²) in [5.74, 6) is -5.69. The van der Waals surface area contributed by atoms with Crippen molar-refractivity contribution in [3.8, 4) is 23.0 Å². The van der Waals surface area contributed by atoms with Gasteiger partial charge >= 0.3 is 41.8 Å². The third-order valence-corrected chi connectivity index (χ3v) is 4.87. The first-order valence-electron chi connectivity index (χ1n) is 12.6. The Bertz CT molecular complexity index is 1500. The van der Waals surface area contributed by atoms with Gasteiger partial charge in [0, 0.05) is 39.8 Å². The molecule has 0 saturated heterocycles. The van der Waals surface area contributed by atoms with E-state index >= 15 is 0 Å². The Morgan fingerprint density at radius 2 is 1.02 bits per heavy atom. The Balaban J connectivity index is 2.07. The first kappa shape index (κ1) is 34.4. The van der Waals surface area contributed by atoms with Crippen LogP contribution in [0.25, 0.3) is 12.2 Å². The lowest BCUT2D eigenvalue weighted by molar-refractivity contribution is -0.169. The fraction of sp³-hybridized carbons (Fsp3) is 0.233. The summed E-state index contributed by atoms with van der Waals surface area (Å²) in [4.78, 5) is 82.1. The lowest BCUT2D eigenvalue weighted by atomic mass is 10.2. The van der Waals surface area contributed by atoms with E-state index in [0.29, 0.717) is 11.1 Å². The number of rotatable bonds is 12. The number of methoxy groups -OCH3 is 1. The Labute approximate surface area is 251 Å². The highest BCUT2D eigenvalue weighted by molar-refractivity contribution is 5.90. The van der Waals surface area contributed by atoms with E-state index in [9.17, 15) is 33.6 Å². The highest BCUT2D eigenvalue weighted by Gasteiger charge is 2.25. The second kappa shape index (κ2) is 16.6. The molecule has 0 saturated carbocycles. The SMILES string of the molecule is COC(=O)C(COC(=O)C=Cc1ccc(OC(C)=O)c(OC(C)=O)c1)OC(=O)C=Cc1ccc(OC(C)=O)c(OC(C)=O)c1. The summed E-state index contributed by atoms with van der Waals surface area (Å²) < 4.78 is 34.7. The van der Waals surface area contributed by atoms with Gasteiger partial charge in [-0.1, -0.05) is 12.1 Å². The van der Waals surface area contributed by atoms with E-state index in [1.54, 1.807) is 0 Å². The van der Waals surface area contributed by atoms with Crippen LogP contribution in [0.15, 0.2) is 48.6 Å². The lowest BCUT2D eigenvalue weighted by Crippen LogP contribution is -2.33. The first-order chi connectivity index (χ1) is 20.8. The van der Waals surface area contributed by atoms with E-state index in [-0.39, 0.29) is 23.0 Å². The molecule has 44 heavy (non-hydrogen) atoms. The van der Waals surface area contributed by atoms with Gasteiger partial charge in [-0.05, 0) is 47.5 Å². The number of ether oxygens (including phenoxy) is 7. The topological polar surface area (TPSA) is 184 Å². The molecule has 0 radical (unpaired) electrons. The normalized spacial score (nSPS) is 11.3. The largest absolute Gasteiger partial charge is 0.466 e. The predicted molar refractivity (Wildman–Crippen MR) is 149 cm³/mol.